The molecule has 0 aliphatic carbocycles. The van der Waals surface area contributed by atoms with Gasteiger partial charge in [-0.3, -0.25) is 4.79 Å². The van der Waals surface area contributed by atoms with Gasteiger partial charge in [0, 0.05) is 40.3 Å². The van der Waals surface area contributed by atoms with E-state index in [1.54, 1.807) is 6.07 Å². The van der Waals surface area contributed by atoms with Crippen LogP contribution < -0.4 is 10.2 Å². The number of benzene rings is 3. The van der Waals surface area contributed by atoms with E-state index in [2.05, 4.69) is 22.3 Å². The molecule has 1 aliphatic heterocycles. The number of nitrogens with zero attached hydrogens (tertiary/aromatic N) is 1. The first-order valence-corrected chi connectivity index (χ1v) is 10.4. The molecule has 4 rings (SSSR count). The Balaban J connectivity index is 1.52. The summed E-state index contributed by atoms with van der Waals surface area (Å²) in [6.07, 6.45) is 0.673. The molecule has 1 heterocycles. The quantitative estimate of drug-likeness (QED) is 0.531. The first-order chi connectivity index (χ1) is 14.0. The molecule has 0 bridgehead atoms. The smallest absolute Gasteiger partial charge is 0.243 e. The molecule has 1 N–H and O–H groups in total. The van der Waals surface area contributed by atoms with Gasteiger partial charge in [-0.25, -0.2) is 0 Å². The maximum atomic E-state index is 13.1. The highest BCUT2D eigenvalue weighted by Crippen LogP contribution is 2.33. The molecule has 1 aliphatic rings. The van der Waals surface area contributed by atoms with Crippen molar-refractivity contribution in [2.75, 3.05) is 4.90 Å². The highest BCUT2D eigenvalue weighted by atomic mass is 35.5. The van der Waals surface area contributed by atoms with E-state index in [9.17, 15) is 4.79 Å². The minimum Gasteiger partial charge on any atom is -0.355 e. The number of halogens is 3. The summed E-state index contributed by atoms with van der Waals surface area (Å²) in [4.78, 5) is 15.2. The SMILES string of the molecule is O=C(NCc1cc(Cl)cc(Cl)c1)C1Cc2ccccc2N1Cc1ccc(Cl)cc1. The summed E-state index contributed by atoms with van der Waals surface area (Å²) in [5.41, 5.74) is 4.24. The van der Waals surface area contributed by atoms with Crippen molar-refractivity contribution in [2.45, 2.75) is 25.6 Å². The summed E-state index contributed by atoms with van der Waals surface area (Å²) >= 11 is 18.1. The standard InChI is InChI=1S/C23H19Cl3N2O/c24-18-7-5-15(6-8-18)14-28-21-4-2-1-3-17(21)11-22(28)23(29)27-13-16-9-19(25)12-20(26)10-16/h1-10,12,22H,11,13-14H2,(H,27,29). The second-order valence-corrected chi connectivity index (χ2v) is 8.41. The average Bonchev–Trinajstić information content (AvgIpc) is 3.06. The Morgan fingerprint density at radius 2 is 1.59 bits per heavy atom. The first kappa shape index (κ1) is 20.1. The van der Waals surface area contributed by atoms with Crippen molar-refractivity contribution in [3.8, 4) is 0 Å². The lowest BCUT2D eigenvalue weighted by Gasteiger charge is -2.27. The lowest BCUT2D eigenvalue weighted by atomic mass is 10.1. The van der Waals surface area contributed by atoms with Gasteiger partial charge < -0.3 is 10.2 Å². The van der Waals surface area contributed by atoms with Crippen molar-refractivity contribution in [2.24, 2.45) is 0 Å². The van der Waals surface area contributed by atoms with Gasteiger partial charge in [0.2, 0.25) is 5.91 Å². The van der Waals surface area contributed by atoms with E-state index in [-0.39, 0.29) is 11.9 Å². The van der Waals surface area contributed by atoms with E-state index in [1.165, 1.54) is 5.56 Å². The van der Waals surface area contributed by atoms with Crippen LogP contribution in [-0.2, 0) is 24.3 Å². The summed E-state index contributed by atoms with van der Waals surface area (Å²) in [7, 11) is 0. The Hall–Kier alpha value is -2.20. The Labute approximate surface area is 185 Å². The Kier molecular flexibility index (Phi) is 6.00. The average molecular weight is 446 g/mol. The predicted octanol–water partition coefficient (Wildman–Crippen LogP) is 5.89. The summed E-state index contributed by atoms with van der Waals surface area (Å²) < 4.78 is 0. The number of fused-ring (bicyclic) bond motifs is 1. The lowest BCUT2D eigenvalue weighted by Crippen LogP contribution is -2.44. The third-order valence-electron chi connectivity index (χ3n) is 5.05. The molecule has 3 aromatic carbocycles. The summed E-state index contributed by atoms with van der Waals surface area (Å²) in [6.45, 7) is 1.01. The van der Waals surface area contributed by atoms with Crippen molar-refractivity contribution < 1.29 is 4.79 Å². The van der Waals surface area contributed by atoms with Crippen LogP contribution in [0.25, 0.3) is 0 Å². The highest BCUT2D eigenvalue weighted by Gasteiger charge is 2.34. The number of amides is 1. The van der Waals surface area contributed by atoms with E-state index in [0.717, 1.165) is 16.8 Å². The number of carbonyl (C=O) groups is 1. The van der Waals surface area contributed by atoms with Crippen molar-refractivity contribution in [1.82, 2.24) is 5.32 Å². The molecular weight excluding hydrogens is 427 g/mol. The van der Waals surface area contributed by atoms with Gasteiger partial charge in [0.05, 0.1) is 0 Å². The van der Waals surface area contributed by atoms with Crippen molar-refractivity contribution in [3.63, 3.8) is 0 Å². The molecule has 6 heteroatoms. The largest absolute Gasteiger partial charge is 0.355 e. The van der Waals surface area contributed by atoms with E-state index < -0.39 is 0 Å². The third-order valence-corrected chi connectivity index (χ3v) is 5.74. The second-order valence-electron chi connectivity index (χ2n) is 7.10. The Bertz CT molecular complexity index is 1020. The van der Waals surface area contributed by atoms with Crippen LogP contribution in [-0.4, -0.2) is 11.9 Å². The summed E-state index contributed by atoms with van der Waals surface area (Å²) in [6, 6.07) is 20.9. The van der Waals surface area contributed by atoms with Crippen LogP contribution >= 0.6 is 34.8 Å². The topological polar surface area (TPSA) is 32.3 Å². The fourth-order valence-electron chi connectivity index (χ4n) is 3.69. The fraction of sp³-hybridized carbons (Fsp3) is 0.174. The fourth-order valence-corrected chi connectivity index (χ4v) is 4.38. The number of hydrogen-bond donors (Lipinski definition) is 1. The van der Waals surface area contributed by atoms with E-state index >= 15 is 0 Å². The van der Waals surface area contributed by atoms with E-state index in [1.807, 2.05) is 48.5 Å². The van der Waals surface area contributed by atoms with Crippen LogP contribution in [0.5, 0.6) is 0 Å². The molecular formula is C23H19Cl3N2O. The zero-order valence-electron chi connectivity index (χ0n) is 15.5. The highest BCUT2D eigenvalue weighted by molar-refractivity contribution is 6.34. The molecule has 0 aromatic heterocycles. The van der Waals surface area contributed by atoms with Crippen LogP contribution in [0.15, 0.2) is 66.7 Å². The number of hydrogen-bond acceptors (Lipinski definition) is 2. The molecule has 1 unspecified atom stereocenters. The molecule has 0 saturated carbocycles. The van der Waals surface area contributed by atoms with Gasteiger partial charge in [-0.2, -0.15) is 0 Å². The predicted molar refractivity (Wildman–Crippen MR) is 120 cm³/mol. The minimum atomic E-state index is -0.280. The van der Waals surface area contributed by atoms with Crippen LogP contribution in [0.1, 0.15) is 16.7 Å². The minimum absolute atomic E-state index is 0.0220. The first-order valence-electron chi connectivity index (χ1n) is 9.31. The van der Waals surface area contributed by atoms with Crippen molar-refractivity contribution >= 4 is 46.4 Å². The molecule has 0 spiro atoms. The van der Waals surface area contributed by atoms with Crippen molar-refractivity contribution in [1.29, 1.82) is 0 Å². The Morgan fingerprint density at radius 3 is 2.31 bits per heavy atom. The van der Waals surface area contributed by atoms with Gasteiger partial charge in [0.1, 0.15) is 6.04 Å². The number of para-hydroxylation sites is 1. The van der Waals surface area contributed by atoms with Crippen LogP contribution in [0.2, 0.25) is 15.1 Å². The molecule has 1 amide bonds. The molecule has 29 heavy (non-hydrogen) atoms. The van der Waals surface area contributed by atoms with Gasteiger partial charge in [0.15, 0.2) is 0 Å². The third kappa shape index (κ3) is 4.69. The number of nitrogens with one attached hydrogen (secondary N) is 1. The zero-order chi connectivity index (χ0) is 20.4. The van der Waals surface area contributed by atoms with Crippen molar-refractivity contribution in [3.05, 3.63) is 98.5 Å². The van der Waals surface area contributed by atoms with Crippen LogP contribution in [0, 0.1) is 0 Å². The van der Waals surface area contributed by atoms with E-state index in [0.29, 0.717) is 34.6 Å². The molecule has 3 nitrogen and oxygen atoms in total. The van der Waals surface area contributed by atoms with Gasteiger partial charge in [-0.15, -0.1) is 0 Å². The van der Waals surface area contributed by atoms with E-state index in [4.69, 9.17) is 34.8 Å². The molecule has 3 aromatic rings. The lowest BCUT2D eigenvalue weighted by molar-refractivity contribution is -0.122. The number of carbonyl (C=O) groups excluding carboxylic acids is 1. The number of anilines is 1. The summed E-state index contributed by atoms with van der Waals surface area (Å²) in [5, 5.41) is 4.85. The van der Waals surface area contributed by atoms with Gasteiger partial charge >= 0.3 is 0 Å². The van der Waals surface area contributed by atoms with Gasteiger partial charge in [-0.1, -0.05) is 65.1 Å². The van der Waals surface area contributed by atoms with Crippen LogP contribution in [0.4, 0.5) is 5.69 Å². The van der Waals surface area contributed by atoms with Gasteiger partial charge in [0.25, 0.3) is 0 Å². The molecule has 1 atom stereocenters. The van der Waals surface area contributed by atoms with Crippen LogP contribution in [0.3, 0.4) is 0 Å². The monoisotopic (exact) mass is 444 g/mol. The molecule has 0 fully saturated rings. The Morgan fingerprint density at radius 1 is 0.897 bits per heavy atom. The second kappa shape index (κ2) is 8.66. The molecule has 148 valence electrons. The molecule has 0 radical (unpaired) electrons. The zero-order valence-corrected chi connectivity index (χ0v) is 17.8. The number of rotatable bonds is 5. The normalized spacial score (nSPS) is 15.3. The molecule has 0 saturated heterocycles. The maximum Gasteiger partial charge on any atom is 0.243 e. The summed E-state index contributed by atoms with van der Waals surface area (Å²) in [5.74, 6) is -0.0220. The van der Waals surface area contributed by atoms with Gasteiger partial charge in [-0.05, 0) is 53.1 Å². The maximum absolute atomic E-state index is 13.1.